The Bertz CT molecular complexity index is 520. The smallest absolute Gasteiger partial charge is 0.207 e. The second kappa shape index (κ2) is 3.38. The Kier molecular flexibility index (Phi) is 2.00. The van der Waals surface area contributed by atoms with E-state index >= 15 is 0 Å². The van der Waals surface area contributed by atoms with Crippen molar-refractivity contribution in [2.45, 2.75) is 12.5 Å². The SMILES string of the molecule is Cn1nnc2ncnc(N3CCC(N)C3)c21. The number of hydrogen-bond acceptors (Lipinski definition) is 6. The second-order valence-electron chi connectivity index (χ2n) is 4.08. The van der Waals surface area contributed by atoms with Crippen molar-refractivity contribution < 1.29 is 0 Å². The number of nitrogens with two attached hydrogens (primary N) is 1. The Balaban J connectivity index is 2.12. The van der Waals surface area contributed by atoms with Gasteiger partial charge in [0.05, 0.1) is 0 Å². The Hall–Kier alpha value is -1.76. The number of aromatic nitrogens is 5. The van der Waals surface area contributed by atoms with Gasteiger partial charge < -0.3 is 10.6 Å². The molecule has 0 radical (unpaired) electrons. The molecule has 1 saturated heterocycles. The van der Waals surface area contributed by atoms with Crippen molar-refractivity contribution in [2.24, 2.45) is 12.8 Å². The molecule has 3 rings (SSSR count). The van der Waals surface area contributed by atoms with E-state index in [2.05, 4.69) is 25.2 Å². The average Bonchev–Trinajstić information content (AvgIpc) is 2.86. The molecular weight excluding hydrogens is 206 g/mol. The van der Waals surface area contributed by atoms with Crippen LogP contribution in [0.4, 0.5) is 5.82 Å². The van der Waals surface area contributed by atoms with E-state index in [0.29, 0.717) is 5.65 Å². The summed E-state index contributed by atoms with van der Waals surface area (Å²) >= 11 is 0. The molecule has 0 saturated carbocycles. The zero-order chi connectivity index (χ0) is 11.1. The van der Waals surface area contributed by atoms with Crippen molar-refractivity contribution in [3.8, 4) is 0 Å². The molecule has 16 heavy (non-hydrogen) atoms. The van der Waals surface area contributed by atoms with Crippen molar-refractivity contribution >= 4 is 17.0 Å². The van der Waals surface area contributed by atoms with Crippen LogP contribution in [0, 0.1) is 0 Å². The van der Waals surface area contributed by atoms with Gasteiger partial charge in [0.2, 0.25) is 5.65 Å². The van der Waals surface area contributed by atoms with Gasteiger partial charge in [-0.1, -0.05) is 5.21 Å². The third kappa shape index (κ3) is 1.32. The summed E-state index contributed by atoms with van der Waals surface area (Å²) in [7, 11) is 1.85. The molecule has 7 nitrogen and oxygen atoms in total. The summed E-state index contributed by atoms with van der Waals surface area (Å²) in [5.41, 5.74) is 7.40. The number of fused-ring (bicyclic) bond motifs is 1. The second-order valence-corrected chi connectivity index (χ2v) is 4.08. The lowest BCUT2D eigenvalue weighted by Gasteiger charge is -2.16. The van der Waals surface area contributed by atoms with E-state index in [0.717, 1.165) is 30.8 Å². The van der Waals surface area contributed by atoms with Gasteiger partial charge in [-0.2, -0.15) is 0 Å². The molecule has 0 aliphatic carbocycles. The molecule has 2 aromatic heterocycles. The molecular formula is C9H13N7. The molecule has 7 heteroatoms. The molecule has 1 fully saturated rings. The highest BCUT2D eigenvalue weighted by atomic mass is 15.4. The lowest BCUT2D eigenvalue weighted by molar-refractivity contribution is 0.732. The number of rotatable bonds is 1. The van der Waals surface area contributed by atoms with Crippen LogP contribution in [-0.4, -0.2) is 44.1 Å². The molecule has 84 valence electrons. The maximum atomic E-state index is 5.90. The molecule has 1 unspecified atom stereocenters. The largest absolute Gasteiger partial charge is 0.353 e. The minimum atomic E-state index is 0.228. The lowest BCUT2D eigenvalue weighted by atomic mass is 10.3. The average molecular weight is 219 g/mol. The molecule has 2 aromatic rings. The molecule has 3 heterocycles. The van der Waals surface area contributed by atoms with Crippen LogP contribution in [0.1, 0.15) is 6.42 Å². The van der Waals surface area contributed by atoms with E-state index in [1.54, 1.807) is 4.68 Å². The summed E-state index contributed by atoms with van der Waals surface area (Å²) in [4.78, 5) is 10.6. The van der Waals surface area contributed by atoms with Crippen LogP contribution in [-0.2, 0) is 7.05 Å². The van der Waals surface area contributed by atoms with E-state index in [-0.39, 0.29) is 6.04 Å². The van der Waals surface area contributed by atoms with Gasteiger partial charge in [0.25, 0.3) is 0 Å². The van der Waals surface area contributed by atoms with Crippen molar-refractivity contribution in [2.75, 3.05) is 18.0 Å². The van der Waals surface area contributed by atoms with E-state index in [1.165, 1.54) is 6.33 Å². The predicted octanol–water partition coefficient (Wildman–Crippen LogP) is -0.704. The number of anilines is 1. The van der Waals surface area contributed by atoms with E-state index in [4.69, 9.17) is 5.73 Å². The van der Waals surface area contributed by atoms with Gasteiger partial charge in [-0.15, -0.1) is 5.10 Å². The van der Waals surface area contributed by atoms with Crippen molar-refractivity contribution in [3.63, 3.8) is 0 Å². The van der Waals surface area contributed by atoms with Crippen LogP contribution in [0.15, 0.2) is 6.33 Å². The fourth-order valence-corrected chi connectivity index (χ4v) is 2.09. The predicted molar refractivity (Wildman–Crippen MR) is 58.9 cm³/mol. The Morgan fingerprint density at radius 1 is 1.44 bits per heavy atom. The van der Waals surface area contributed by atoms with Crippen LogP contribution in [0.25, 0.3) is 11.2 Å². The van der Waals surface area contributed by atoms with Crippen LogP contribution >= 0.6 is 0 Å². The van der Waals surface area contributed by atoms with Crippen LogP contribution in [0.3, 0.4) is 0 Å². The number of hydrogen-bond donors (Lipinski definition) is 1. The molecule has 0 spiro atoms. The fourth-order valence-electron chi connectivity index (χ4n) is 2.09. The van der Waals surface area contributed by atoms with Crippen molar-refractivity contribution in [1.82, 2.24) is 25.0 Å². The summed E-state index contributed by atoms with van der Waals surface area (Å²) in [6.07, 6.45) is 2.52. The number of aryl methyl sites for hydroxylation is 1. The van der Waals surface area contributed by atoms with E-state index in [9.17, 15) is 0 Å². The highest BCUT2D eigenvalue weighted by molar-refractivity contribution is 5.82. The summed E-state index contributed by atoms with van der Waals surface area (Å²) in [5.74, 6) is 0.880. The molecule has 1 aliphatic heterocycles. The third-order valence-corrected chi connectivity index (χ3v) is 2.91. The first-order valence-electron chi connectivity index (χ1n) is 5.26. The zero-order valence-corrected chi connectivity index (χ0v) is 9.04. The minimum absolute atomic E-state index is 0.228. The van der Waals surface area contributed by atoms with E-state index < -0.39 is 0 Å². The number of nitrogens with zero attached hydrogens (tertiary/aromatic N) is 6. The zero-order valence-electron chi connectivity index (χ0n) is 9.04. The first kappa shape index (κ1) is 9.46. The maximum absolute atomic E-state index is 5.90. The molecule has 0 bridgehead atoms. The van der Waals surface area contributed by atoms with Crippen molar-refractivity contribution in [3.05, 3.63) is 6.33 Å². The Morgan fingerprint density at radius 2 is 2.31 bits per heavy atom. The van der Waals surface area contributed by atoms with Gasteiger partial charge in [-0.25, -0.2) is 14.6 Å². The minimum Gasteiger partial charge on any atom is -0.353 e. The monoisotopic (exact) mass is 219 g/mol. The summed E-state index contributed by atoms with van der Waals surface area (Å²) in [6, 6.07) is 0.228. The fraction of sp³-hybridized carbons (Fsp3) is 0.556. The van der Waals surface area contributed by atoms with Crippen LogP contribution in [0.5, 0.6) is 0 Å². The van der Waals surface area contributed by atoms with Gasteiger partial charge in [-0.3, -0.25) is 0 Å². The molecule has 0 amide bonds. The van der Waals surface area contributed by atoms with Crippen LogP contribution < -0.4 is 10.6 Å². The Morgan fingerprint density at radius 3 is 3.06 bits per heavy atom. The Labute approximate surface area is 92.3 Å². The first-order valence-corrected chi connectivity index (χ1v) is 5.26. The summed E-state index contributed by atoms with van der Waals surface area (Å²) < 4.78 is 1.70. The van der Waals surface area contributed by atoms with Gasteiger partial charge in [0.1, 0.15) is 11.8 Å². The molecule has 1 aliphatic rings. The highest BCUT2D eigenvalue weighted by Gasteiger charge is 2.23. The van der Waals surface area contributed by atoms with Crippen molar-refractivity contribution in [1.29, 1.82) is 0 Å². The summed E-state index contributed by atoms with van der Waals surface area (Å²) in [6.45, 7) is 1.76. The van der Waals surface area contributed by atoms with Gasteiger partial charge in [0.15, 0.2) is 5.82 Å². The lowest BCUT2D eigenvalue weighted by Crippen LogP contribution is -2.27. The van der Waals surface area contributed by atoms with Gasteiger partial charge in [-0.05, 0) is 6.42 Å². The molecule has 0 aromatic carbocycles. The van der Waals surface area contributed by atoms with Gasteiger partial charge in [0, 0.05) is 26.2 Å². The van der Waals surface area contributed by atoms with Gasteiger partial charge >= 0.3 is 0 Å². The van der Waals surface area contributed by atoms with Crippen LogP contribution in [0.2, 0.25) is 0 Å². The normalized spacial score (nSPS) is 20.9. The van der Waals surface area contributed by atoms with E-state index in [1.807, 2.05) is 7.05 Å². The third-order valence-electron chi connectivity index (χ3n) is 2.91. The first-order chi connectivity index (χ1) is 7.75. The quantitative estimate of drug-likeness (QED) is 0.682. The topological polar surface area (TPSA) is 85.8 Å². The maximum Gasteiger partial charge on any atom is 0.207 e. The molecule has 2 N–H and O–H groups in total. The summed E-state index contributed by atoms with van der Waals surface area (Å²) in [5, 5.41) is 7.93. The highest BCUT2D eigenvalue weighted by Crippen LogP contribution is 2.23. The molecule has 1 atom stereocenters. The standard InChI is InChI=1S/C9H13N7/c1-15-7-8(13-14-15)11-5-12-9(7)16-3-2-6(10)4-16/h5-6H,2-4,10H2,1H3.